The molecule has 2 aromatic carbocycles. The van der Waals surface area contributed by atoms with E-state index in [1.165, 1.54) is 12.1 Å². The highest BCUT2D eigenvalue weighted by atomic mass is 35.5. The molecular weight excluding hydrogens is 350 g/mol. The van der Waals surface area contributed by atoms with Gasteiger partial charge in [-0.15, -0.1) is 23.2 Å². The third-order valence-electron chi connectivity index (χ3n) is 3.79. The lowest BCUT2D eigenvalue weighted by Crippen LogP contribution is -2.35. The average molecular weight is 365 g/mol. The van der Waals surface area contributed by atoms with Gasteiger partial charge >= 0.3 is 0 Å². The summed E-state index contributed by atoms with van der Waals surface area (Å²) < 4.78 is 13.0. The van der Waals surface area contributed by atoms with Gasteiger partial charge in [-0.3, -0.25) is 4.79 Å². The zero-order chi connectivity index (χ0) is 17.1. The second kappa shape index (κ2) is 7.32. The van der Waals surface area contributed by atoms with Crippen molar-refractivity contribution in [3.8, 4) is 11.1 Å². The van der Waals surface area contributed by atoms with E-state index in [1.54, 1.807) is 12.1 Å². The van der Waals surface area contributed by atoms with Crippen LogP contribution in [0, 0.1) is 5.82 Å². The molecule has 1 aliphatic heterocycles. The van der Waals surface area contributed by atoms with Gasteiger partial charge in [0.05, 0.1) is 11.1 Å². The maximum Gasteiger partial charge on any atom is 0.266 e. The van der Waals surface area contributed by atoms with Gasteiger partial charge in [0, 0.05) is 18.8 Å². The SMILES string of the molecule is O=C(NC[C@@H](Cl)CCl)C1=Nc2cc(-c3ccc(F)cc3)ccc2C1. The Balaban J connectivity index is 1.76. The van der Waals surface area contributed by atoms with E-state index < -0.39 is 0 Å². The van der Waals surface area contributed by atoms with Crippen LogP contribution >= 0.6 is 23.2 Å². The van der Waals surface area contributed by atoms with E-state index in [0.29, 0.717) is 18.7 Å². The van der Waals surface area contributed by atoms with Crippen LogP contribution < -0.4 is 5.32 Å². The minimum atomic E-state index is -0.301. The van der Waals surface area contributed by atoms with Crippen molar-refractivity contribution in [1.29, 1.82) is 0 Å². The van der Waals surface area contributed by atoms with Crippen LogP contribution in [0.5, 0.6) is 0 Å². The molecule has 0 bridgehead atoms. The van der Waals surface area contributed by atoms with E-state index in [4.69, 9.17) is 23.2 Å². The number of hydrogen-bond donors (Lipinski definition) is 1. The number of benzene rings is 2. The highest BCUT2D eigenvalue weighted by Crippen LogP contribution is 2.32. The largest absolute Gasteiger partial charge is 0.349 e. The number of carbonyl (C=O) groups is 1. The fourth-order valence-electron chi connectivity index (χ4n) is 2.50. The smallest absolute Gasteiger partial charge is 0.266 e. The van der Waals surface area contributed by atoms with E-state index >= 15 is 0 Å². The second-order valence-corrected chi connectivity index (χ2v) is 6.47. The first-order valence-electron chi connectivity index (χ1n) is 7.51. The number of hydrogen-bond acceptors (Lipinski definition) is 2. The second-order valence-electron chi connectivity index (χ2n) is 5.55. The molecule has 0 aromatic heterocycles. The number of halogens is 3. The number of aliphatic imine (C=N–C) groups is 1. The van der Waals surface area contributed by atoms with Crippen LogP contribution in [-0.2, 0) is 11.2 Å². The van der Waals surface area contributed by atoms with Gasteiger partial charge in [0.25, 0.3) is 5.91 Å². The molecule has 0 spiro atoms. The molecule has 1 aliphatic rings. The quantitative estimate of drug-likeness (QED) is 0.797. The Labute approximate surface area is 149 Å². The molecule has 6 heteroatoms. The van der Waals surface area contributed by atoms with Crippen LogP contribution in [0.1, 0.15) is 5.56 Å². The molecular formula is C18H15Cl2FN2O. The Kier molecular flexibility index (Phi) is 5.17. The molecule has 2 aromatic rings. The highest BCUT2D eigenvalue weighted by molar-refractivity contribution is 6.41. The molecule has 24 heavy (non-hydrogen) atoms. The molecule has 0 radical (unpaired) electrons. The zero-order valence-electron chi connectivity index (χ0n) is 12.7. The molecule has 124 valence electrons. The van der Waals surface area contributed by atoms with Gasteiger partial charge in [-0.2, -0.15) is 0 Å². The Morgan fingerprint density at radius 3 is 2.62 bits per heavy atom. The number of carbonyl (C=O) groups excluding carboxylic acids is 1. The van der Waals surface area contributed by atoms with Crippen molar-refractivity contribution in [2.75, 3.05) is 12.4 Å². The Bertz CT molecular complexity index is 790. The predicted octanol–water partition coefficient (Wildman–Crippen LogP) is 4.08. The van der Waals surface area contributed by atoms with Gasteiger partial charge in [-0.1, -0.05) is 24.3 Å². The van der Waals surface area contributed by atoms with Crippen molar-refractivity contribution in [3.05, 3.63) is 53.8 Å². The fraction of sp³-hybridized carbons (Fsp3) is 0.222. The Morgan fingerprint density at radius 1 is 1.21 bits per heavy atom. The Morgan fingerprint density at radius 2 is 1.92 bits per heavy atom. The summed E-state index contributed by atoms with van der Waals surface area (Å²) in [6.07, 6.45) is 0.485. The molecule has 0 saturated carbocycles. The summed E-state index contributed by atoms with van der Waals surface area (Å²) >= 11 is 11.5. The Hall–Kier alpha value is -1.91. The van der Waals surface area contributed by atoms with Crippen LogP contribution in [0.25, 0.3) is 11.1 Å². The lowest BCUT2D eigenvalue weighted by molar-refractivity contribution is -0.114. The van der Waals surface area contributed by atoms with Gasteiger partial charge in [-0.25, -0.2) is 9.38 Å². The zero-order valence-corrected chi connectivity index (χ0v) is 14.2. The minimum absolute atomic E-state index is 0.231. The van der Waals surface area contributed by atoms with E-state index in [0.717, 1.165) is 22.4 Å². The standard InChI is InChI=1S/C18H15Cl2FN2O/c19-9-14(20)10-22-18(24)17-8-13-2-1-12(7-16(13)23-17)11-3-5-15(21)6-4-11/h1-7,14H,8-10H2,(H,22,24)/t14-/m0/s1. The van der Waals surface area contributed by atoms with Crippen molar-refractivity contribution >= 4 is 40.5 Å². The van der Waals surface area contributed by atoms with Gasteiger partial charge in [-0.05, 0) is 34.9 Å². The van der Waals surface area contributed by atoms with Crippen molar-refractivity contribution in [2.45, 2.75) is 11.8 Å². The third kappa shape index (κ3) is 3.77. The van der Waals surface area contributed by atoms with Crippen LogP contribution in [0.2, 0.25) is 0 Å². The normalized spacial score (nSPS) is 14.0. The van der Waals surface area contributed by atoms with Gasteiger partial charge in [0.2, 0.25) is 0 Å². The van der Waals surface area contributed by atoms with Crippen LogP contribution in [0.3, 0.4) is 0 Å². The predicted molar refractivity (Wildman–Crippen MR) is 96.0 cm³/mol. The summed E-state index contributed by atoms with van der Waals surface area (Å²) in [6, 6.07) is 12.1. The van der Waals surface area contributed by atoms with Gasteiger partial charge in [0.15, 0.2) is 0 Å². The summed E-state index contributed by atoms with van der Waals surface area (Å²) in [5, 5.41) is 2.43. The van der Waals surface area contributed by atoms with E-state index in [2.05, 4.69) is 10.3 Å². The molecule has 3 rings (SSSR count). The minimum Gasteiger partial charge on any atom is -0.349 e. The summed E-state index contributed by atoms with van der Waals surface area (Å²) in [7, 11) is 0. The molecule has 1 N–H and O–H groups in total. The van der Waals surface area contributed by atoms with Gasteiger partial charge < -0.3 is 5.32 Å². The summed E-state index contributed by atoms with van der Waals surface area (Å²) in [4.78, 5) is 16.6. The van der Waals surface area contributed by atoms with Crippen molar-refractivity contribution in [3.63, 3.8) is 0 Å². The highest BCUT2D eigenvalue weighted by Gasteiger charge is 2.21. The molecule has 1 amide bonds. The lowest BCUT2D eigenvalue weighted by atomic mass is 10.0. The molecule has 0 saturated heterocycles. The number of alkyl halides is 2. The van der Waals surface area contributed by atoms with Crippen molar-refractivity contribution < 1.29 is 9.18 Å². The molecule has 0 unspecified atom stereocenters. The maximum atomic E-state index is 13.0. The number of rotatable bonds is 5. The molecule has 0 aliphatic carbocycles. The topological polar surface area (TPSA) is 41.5 Å². The van der Waals surface area contributed by atoms with Crippen LogP contribution in [0.4, 0.5) is 10.1 Å². The van der Waals surface area contributed by atoms with Crippen molar-refractivity contribution in [1.82, 2.24) is 5.32 Å². The number of nitrogens with zero attached hydrogens (tertiary/aromatic N) is 1. The first kappa shape index (κ1) is 16.9. The molecule has 3 nitrogen and oxygen atoms in total. The summed E-state index contributed by atoms with van der Waals surface area (Å²) in [5.41, 5.74) is 4.05. The number of amides is 1. The van der Waals surface area contributed by atoms with Gasteiger partial charge in [0.1, 0.15) is 11.5 Å². The molecule has 0 fully saturated rings. The maximum absolute atomic E-state index is 13.0. The lowest BCUT2D eigenvalue weighted by Gasteiger charge is -2.07. The molecule has 1 heterocycles. The monoisotopic (exact) mass is 364 g/mol. The van der Waals surface area contributed by atoms with Crippen molar-refractivity contribution in [2.24, 2.45) is 4.99 Å². The van der Waals surface area contributed by atoms with E-state index in [-0.39, 0.29) is 23.0 Å². The van der Waals surface area contributed by atoms with Crippen LogP contribution in [-0.4, -0.2) is 29.4 Å². The number of nitrogens with one attached hydrogen (secondary N) is 1. The summed E-state index contributed by atoms with van der Waals surface area (Å²) in [6.45, 7) is 0.306. The average Bonchev–Trinajstić information content (AvgIpc) is 3.03. The first-order valence-corrected chi connectivity index (χ1v) is 8.48. The fourth-order valence-corrected chi connectivity index (χ4v) is 2.68. The van der Waals surface area contributed by atoms with Crippen LogP contribution in [0.15, 0.2) is 47.5 Å². The van der Waals surface area contributed by atoms with E-state index in [1.807, 2.05) is 18.2 Å². The molecule has 1 atom stereocenters. The number of fused-ring (bicyclic) bond motifs is 1. The first-order chi connectivity index (χ1) is 11.6. The van der Waals surface area contributed by atoms with E-state index in [9.17, 15) is 9.18 Å². The summed E-state index contributed by atoms with van der Waals surface area (Å²) in [5.74, 6) is -0.230. The third-order valence-corrected chi connectivity index (χ3v) is 4.63.